The predicted molar refractivity (Wildman–Crippen MR) is 73.7 cm³/mol. The Bertz CT molecular complexity index is 464. The molecule has 94 valence electrons. The molecule has 0 aliphatic carbocycles. The molecule has 2 heteroatoms. The molecule has 1 heterocycles. The summed E-state index contributed by atoms with van der Waals surface area (Å²) in [6.07, 6.45) is 4.73. The van der Waals surface area contributed by atoms with Crippen LogP contribution >= 0.6 is 0 Å². The molecule has 2 nitrogen and oxygen atoms in total. The molecule has 0 fully saturated rings. The van der Waals surface area contributed by atoms with Gasteiger partial charge in [-0.05, 0) is 47.7 Å². The van der Waals surface area contributed by atoms with Crippen molar-refractivity contribution in [2.24, 2.45) is 0 Å². The Labute approximate surface area is 109 Å². The molecule has 1 aromatic heterocycles. The second kappa shape index (κ2) is 6.20. The van der Waals surface area contributed by atoms with E-state index < -0.39 is 0 Å². The zero-order valence-corrected chi connectivity index (χ0v) is 11.0. The van der Waals surface area contributed by atoms with Gasteiger partial charge in [0.25, 0.3) is 0 Å². The molecule has 18 heavy (non-hydrogen) atoms. The summed E-state index contributed by atoms with van der Waals surface area (Å²) < 4.78 is 5.73. The number of hydrogen-bond acceptors (Lipinski definition) is 2. The van der Waals surface area contributed by atoms with E-state index in [1.165, 1.54) is 5.56 Å². The number of ether oxygens (including phenoxy) is 1. The van der Waals surface area contributed by atoms with Crippen LogP contribution in [0.15, 0.2) is 48.8 Å². The minimum atomic E-state index is 0.588. The summed E-state index contributed by atoms with van der Waals surface area (Å²) in [5, 5.41) is 0. The van der Waals surface area contributed by atoms with E-state index in [0.717, 1.165) is 17.7 Å². The Morgan fingerprint density at radius 1 is 1.06 bits per heavy atom. The Hall–Kier alpha value is -1.83. The maximum Gasteiger partial charge on any atom is 0.119 e. The van der Waals surface area contributed by atoms with Crippen molar-refractivity contribution in [1.82, 2.24) is 4.98 Å². The summed E-state index contributed by atoms with van der Waals surface area (Å²) >= 11 is 0. The quantitative estimate of drug-likeness (QED) is 0.783. The van der Waals surface area contributed by atoms with Crippen LogP contribution in [0.4, 0.5) is 0 Å². The lowest BCUT2D eigenvalue weighted by molar-refractivity contribution is 0.306. The van der Waals surface area contributed by atoms with Crippen LogP contribution in [0.2, 0.25) is 0 Å². The van der Waals surface area contributed by atoms with E-state index in [2.05, 4.69) is 31.0 Å². The fraction of sp³-hybridized carbons (Fsp3) is 0.312. The van der Waals surface area contributed by atoms with Crippen LogP contribution in [0.3, 0.4) is 0 Å². The van der Waals surface area contributed by atoms with E-state index in [1.807, 2.05) is 24.3 Å². The van der Waals surface area contributed by atoms with Gasteiger partial charge in [0.2, 0.25) is 0 Å². The number of benzene rings is 1. The van der Waals surface area contributed by atoms with Crippen molar-refractivity contribution in [3.8, 4) is 5.75 Å². The van der Waals surface area contributed by atoms with Crippen LogP contribution in [0.1, 0.15) is 37.3 Å². The first-order valence-electron chi connectivity index (χ1n) is 6.41. The van der Waals surface area contributed by atoms with Crippen molar-refractivity contribution in [1.29, 1.82) is 0 Å². The number of pyridine rings is 1. The Balaban J connectivity index is 1.94. The Morgan fingerprint density at radius 2 is 1.72 bits per heavy atom. The van der Waals surface area contributed by atoms with Gasteiger partial charge in [0.05, 0.1) is 0 Å². The summed E-state index contributed by atoms with van der Waals surface area (Å²) in [6.45, 7) is 5.04. The normalized spacial score (nSPS) is 12.1. The molecule has 0 amide bonds. The molecule has 0 radical (unpaired) electrons. The highest BCUT2D eigenvalue weighted by molar-refractivity contribution is 5.29. The average Bonchev–Trinajstić information content (AvgIpc) is 2.46. The van der Waals surface area contributed by atoms with Gasteiger partial charge in [0.1, 0.15) is 12.4 Å². The van der Waals surface area contributed by atoms with Crippen LogP contribution < -0.4 is 4.74 Å². The number of rotatable bonds is 5. The molecule has 0 aliphatic rings. The Morgan fingerprint density at radius 3 is 2.33 bits per heavy atom. The van der Waals surface area contributed by atoms with Crippen LogP contribution in [0.25, 0.3) is 0 Å². The summed E-state index contributed by atoms with van der Waals surface area (Å²) in [5.74, 6) is 1.53. The monoisotopic (exact) mass is 241 g/mol. The molecule has 1 atom stereocenters. The fourth-order valence-corrected chi connectivity index (χ4v) is 1.77. The van der Waals surface area contributed by atoms with Crippen LogP contribution in [-0.4, -0.2) is 4.98 Å². The molecule has 2 aromatic rings. The van der Waals surface area contributed by atoms with Crippen molar-refractivity contribution in [2.45, 2.75) is 32.8 Å². The van der Waals surface area contributed by atoms with Crippen LogP contribution in [-0.2, 0) is 6.61 Å². The van der Waals surface area contributed by atoms with E-state index in [0.29, 0.717) is 12.5 Å². The van der Waals surface area contributed by atoms with Gasteiger partial charge in [-0.25, -0.2) is 0 Å². The van der Waals surface area contributed by atoms with Crippen molar-refractivity contribution < 1.29 is 4.74 Å². The van der Waals surface area contributed by atoms with Crippen molar-refractivity contribution in [3.05, 3.63) is 59.9 Å². The van der Waals surface area contributed by atoms with Crippen LogP contribution in [0.5, 0.6) is 5.75 Å². The molecule has 0 bridgehead atoms. The standard InChI is InChI=1S/C16H19NO/c1-3-13(2)15-4-6-16(7-5-15)18-12-14-8-10-17-11-9-14/h4-11,13H,3,12H2,1-2H3. The molecule has 2 rings (SSSR count). The third-order valence-electron chi connectivity index (χ3n) is 3.22. The maximum absolute atomic E-state index is 5.73. The summed E-state index contributed by atoms with van der Waals surface area (Å²) in [4.78, 5) is 3.99. The summed E-state index contributed by atoms with van der Waals surface area (Å²) in [6, 6.07) is 12.3. The molecule has 1 aromatic carbocycles. The lowest BCUT2D eigenvalue weighted by Gasteiger charge is -2.10. The summed E-state index contributed by atoms with van der Waals surface area (Å²) in [5.41, 5.74) is 2.50. The lowest BCUT2D eigenvalue weighted by atomic mass is 9.99. The highest BCUT2D eigenvalue weighted by Crippen LogP contribution is 2.21. The number of aromatic nitrogens is 1. The average molecular weight is 241 g/mol. The van der Waals surface area contributed by atoms with Gasteiger partial charge in [-0.3, -0.25) is 4.98 Å². The van der Waals surface area contributed by atoms with Crippen LogP contribution in [0, 0.1) is 0 Å². The first-order valence-corrected chi connectivity index (χ1v) is 6.41. The molecule has 0 aliphatic heterocycles. The minimum absolute atomic E-state index is 0.588. The minimum Gasteiger partial charge on any atom is -0.489 e. The number of nitrogens with zero attached hydrogens (tertiary/aromatic N) is 1. The number of hydrogen-bond donors (Lipinski definition) is 0. The fourth-order valence-electron chi connectivity index (χ4n) is 1.77. The molecule has 0 N–H and O–H groups in total. The SMILES string of the molecule is CCC(C)c1ccc(OCc2ccncc2)cc1. The van der Waals surface area contributed by atoms with Crippen molar-refractivity contribution >= 4 is 0 Å². The third-order valence-corrected chi connectivity index (χ3v) is 3.22. The van der Waals surface area contributed by atoms with E-state index in [1.54, 1.807) is 12.4 Å². The molecule has 0 saturated carbocycles. The first-order chi connectivity index (χ1) is 8.79. The van der Waals surface area contributed by atoms with Gasteiger partial charge in [-0.2, -0.15) is 0 Å². The first kappa shape index (κ1) is 12.6. The van der Waals surface area contributed by atoms with Gasteiger partial charge in [-0.15, -0.1) is 0 Å². The van der Waals surface area contributed by atoms with E-state index in [-0.39, 0.29) is 0 Å². The van der Waals surface area contributed by atoms with Gasteiger partial charge >= 0.3 is 0 Å². The molecule has 0 spiro atoms. The molecular formula is C16H19NO. The molecular weight excluding hydrogens is 222 g/mol. The second-order valence-electron chi connectivity index (χ2n) is 4.52. The smallest absolute Gasteiger partial charge is 0.119 e. The second-order valence-corrected chi connectivity index (χ2v) is 4.52. The van der Waals surface area contributed by atoms with Crippen molar-refractivity contribution in [3.63, 3.8) is 0 Å². The maximum atomic E-state index is 5.73. The highest BCUT2D eigenvalue weighted by atomic mass is 16.5. The Kier molecular flexibility index (Phi) is 4.35. The molecule has 0 saturated heterocycles. The zero-order valence-electron chi connectivity index (χ0n) is 11.0. The van der Waals surface area contributed by atoms with E-state index in [9.17, 15) is 0 Å². The van der Waals surface area contributed by atoms with Gasteiger partial charge < -0.3 is 4.74 Å². The van der Waals surface area contributed by atoms with Gasteiger partial charge in [0.15, 0.2) is 0 Å². The topological polar surface area (TPSA) is 22.1 Å². The zero-order chi connectivity index (χ0) is 12.8. The van der Waals surface area contributed by atoms with Gasteiger partial charge in [0, 0.05) is 12.4 Å². The largest absolute Gasteiger partial charge is 0.489 e. The third kappa shape index (κ3) is 3.33. The summed E-state index contributed by atoms with van der Waals surface area (Å²) in [7, 11) is 0. The predicted octanol–water partition coefficient (Wildman–Crippen LogP) is 4.17. The molecule has 1 unspecified atom stereocenters. The van der Waals surface area contributed by atoms with Crippen molar-refractivity contribution in [2.75, 3.05) is 0 Å². The lowest BCUT2D eigenvalue weighted by Crippen LogP contribution is -1.96. The highest BCUT2D eigenvalue weighted by Gasteiger charge is 2.02. The van der Waals surface area contributed by atoms with Gasteiger partial charge in [-0.1, -0.05) is 26.0 Å². The van der Waals surface area contributed by atoms with E-state index in [4.69, 9.17) is 4.74 Å². The van der Waals surface area contributed by atoms with E-state index >= 15 is 0 Å².